The van der Waals surface area contributed by atoms with Crippen molar-refractivity contribution in [2.45, 2.75) is 13.2 Å². The summed E-state index contributed by atoms with van der Waals surface area (Å²) in [5.74, 6) is 0.500. The van der Waals surface area contributed by atoms with E-state index < -0.39 is 0 Å². The maximum absolute atomic E-state index is 5.92. The number of aromatic nitrogens is 1. The van der Waals surface area contributed by atoms with Crippen LogP contribution < -0.4 is 10.5 Å². The fourth-order valence-electron chi connectivity index (χ4n) is 1.48. The molecule has 0 saturated heterocycles. The zero-order valence-electron chi connectivity index (χ0n) is 9.57. The molecule has 0 fully saturated rings. The van der Waals surface area contributed by atoms with Crippen molar-refractivity contribution in [3.8, 4) is 5.88 Å². The number of hydrogen-bond acceptors (Lipinski definition) is 3. The van der Waals surface area contributed by atoms with Gasteiger partial charge in [-0.1, -0.05) is 35.3 Å². The van der Waals surface area contributed by atoms with E-state index in [0.717, 1.165) is 11.1 Å². The number of hydrogen-bond donors (Lipinski definition) is 1. The van der Waals surface area contributed by atoms with Crippen LogP contribution in [0.1, 0.15) is 11.1 Å². The first-order valence-corrected chi connectivity index (χ1v) is 6.16. The molecule has 0 aliphatic heterocycles. The smallest absolute Gasteiger partial charge is 0.213 e. The van der Waals surface area contributed by atoms with E-state index in [4.69, 9.17) is 33.7 Å². The Morgan fingerprint density at radius 3 is 2.78 bits per heavy atom. The summed E-state index contributed by atoms with van der Waals surface area (Å²) < 4.78 is 5.56. The summed E-state index contributed by atoms with van der Waals surface area (Å²) in [5, 5.41) is 1.23. The molecule has 0 radical (unpaired) electrons. The fourth-order valence-corrected chi connectivity index (χ4v) is 1.87. The van der Waals surface area contributed by atoms with Crippen LogP contribution >= 0.6 is 23.2 Å². The average Bonchev–Trinajstić information content (AvgIpc) is 2.38. The predicted molar refractivity (Wildman–Crippen MR) is 72.9 cm³/mol. The minimum absolute atomic E-state index is 0.356. The lowest BCUT2D eigenvalue weighted by molar-refractivity contribution is 0.293. The second kappa shape index (κ2) is 6.05. The van der Waals surface area contributed by atoms with Crippen molar-refractivity contribution < 1.29 is 4.74 Å². The van der Waals surface area contributed by atoms with E-state index >= 15 is 0 Å². The Labute approximate surface area is 115 Å². The molecule has 1 aromatic carbocycles. The maximum atomic E-state index is 5.92. The topological polar surface area (TPSA) is 48.1 Å². The van der Waals surface area contributed by atoms with Crippen LogP contribution in [0.5, 0.6) is 5.88 Å². The lowest BCUT2D eigenvalue weighted by atomic mass is 10.2. The molecule has 2 rings (SSSR count). The van der Waals surface area contributed by atoms with Gasteiger partial charge in [0, 0.05) is 23.8 Å². The van der Waals surface area contributed by atoms with Gasteiger partial charge >= 0.3 is 0 Å². The van der Waals surface area contributed by atoms with Gasteiger partial charge in [-0.2, -0.15) is 0 Å². The molecule has 94 valence electrons. The molecule has 0 bridgehead atoms. The Bertz CT molecular complexity index is 546. The molecule has 1 heterocycles. The molecule has 0 spiro atoms. The molecule has 2 N–H and O–H groups in total. The first-order chi connectivity index (χ1) is 8.69. The lowest BCUT2D eigenvalue weighted by Crippen LogP contribution is -2.01. The summed E-state index contributed by atoms with van der Waals surface area (Å²) in [7, 11) is 0. The third-order valence-electron chi connectivity index (χ3n) is 2.41. The van der Waals surface area contributed by atoms with Gasteiger partial charge in [0.25, 0.3) is 0 Å². The predicted octanol–water partition coefficient (Wildman–Crippen LogP) is 3.43. The molecule has 0 aliphatic rings. The van der Waals surface area contributed by atoms with Gasteiger partial charge < -0.3 is 10.5 Å². The molecule has 0 atom stereocenters. The number of ether oxygens (including phenoxy) is 1. The quantitative estimate of drug-likeness (QED) is 0.935. The summed E-state index contributed by atoms with van der Waals surface area (Å²) >= 11 is 11.8. The van der Waals surface area contributed by atoms with Crippen LogP contribution in [0.4, 0.5) is 0 Å². The normalized spacial score (nSPS) is 10.4. The molecule has 0 unspecified atom stereocenters. The minimum atomic E-state index is 0.356. The van der Waals surface area contributed by atoms with Gasteiger partial charge in [0.05, 0.1) is 5.02 Å². The van der Waals surface area contributed by atoms with E-state index in [-0.39, 0.29) is 0 Å². The highest BCUT2D eigenvalue weighted by Gasteiger charge is 2.03. The highest BCUT2D eigenvalue weighted by molar-refractivity contribution is 6.31. The number of nitrogens with zero attached hydrogens (tertiary/aromatic N) is 1. The molecule has 18 heavy (non-hydrogen) atoms. The summed E-state index contributed by atoms with van der Waals surface area (Å²) in [5.41, 5.74) is 7.35. The molecular weight excluding hydrogens is 271 g/mol. The zero-order chi connectivity index (χ0) is 13.0. The Hall–Kier alpha value is -1.29. The summed E-state index contributed by atoms with van der Waals surface area (Å²) in [6.45, 7) is 0.758. The molecule has 2 aromatic rings. The van der Waals surface area contributed by atoms with Crippen molar-refractivity contribution in [1.82, 2.24) is 4.98 Å². The third-order valence-corrected chi connectivity index (χ3v) is 2.98. The van der Waals surface area contributed by atoms with Gasteiger partial charge in [-0.15, -0.1) is 0 Å². The zero-order valence-corrected chi connectivity index (χ0v) is 11.1. The first kappa shape index (κ1) is 13.1. The van der Waals surface area contributed by atoms with Crippen LogP contribution in [0, 0.1) is 0 Å². The SMILES string of the molecule is NCc1cc(OCc2cccc(Cl)c2)ncc1Cl. The van der Waals surface area contributed by atoms with Crippen LogP contribution in [0.3, 0.4) is 0 Å². The summed E-state index contributed by atoms with van der Waals surface area (Å²) in [4.78, 5) is 4.08. The monoisotopic (exact) mass is 282 g/mol. The van der Waals surface area contributed by atoms with Crippen LogP contribution in [0.2, 0.25) is 10.0 Å². The van der Waals surface area contributed by atoms with Crippen molar-refractivity contribution in [1.29, 1.82) is 0 Å². The number of halogens is 2. The van der Waals surface area contributed by atoms with E-state index in [1.165, 1.54) is 6.20 Å². The second-order valence-corrected chi connectivity index (χ2v) is 4.58. The molecule has 0 amide bonds. The average molecular weight is 283 g/mol. The van der Waals surface area contributed by atoms with Crippen molar-refractivity contribution >= 4 is 23.2 Å². The largest absolute Gasteiger partial charge is 0.473 e. The van der Waals surface area contributed by atoms with Crippen molar-refractivity contribution in [3.05, 3.63) is 57.7 Å². The van der Waals surface area contributed by atoms with E-state index in [1.54, 1.807) is 6.07 Å². The Morgan fingerprint density at radius 1 is 1.22 bits per heavy atom. The Balaban J connectivity index is 2.06. The standard InChI is InChI=1S/C13H12Cl2N2O/c14-11-3-1-2-9(4-11)8-18-13-5-10(6-16)12(15)7-17-13/h1-5,7H,6,8,16H2. The van der Waals surface area contributed by atoms with E-state index in [2.05, 4.69) is 4.98 Å². The minimum Gasteiger partial charge on any atom is -0.473 e. The van der Waals surface area contributed by atoms with E-state index in [1.807, 2.05) is 24.3 Å². The van der Waals surface area contributed by atoms with E-state index in [9.17, 15) is 0 Å². The molecular formula is C13H12Cl2N2O. The van der Waals surface area contributed by atoms with Gasteiger partial charge in [0.1, 0.15) is 6.61 Å². The third kappa shape index (κ3) is 3.35. The van der Waals surface area contributed by atoms with Crippen molar-refractivity contribution in [3.63, 3.8) is 0 Å². The van der Waals surface area contributed by atoms with Gasteiger partial charge in [0.15, 0.2) is 0 Å². The van der Waals surface area contributed by atoms with Crippen LogP contribution in [0.15, 0.2) is 36.5 Å². The second-order valence-electron chi connectivity index (χ2n) is 3.74. The summed E-state index contributed by atoms with van der Waals surface area (Å²) in [6, 6.07) is 9.22. The van der Waals surface area contributed by atoms with Crippen LogP contribution in [-0.2, 0) is 13.2 Å². The number of pyridine rings is 1. The maximum Gasteiger partial charge on any atom is 0.213 e. The van der Waals surface area contributed by atoms with Gasteiger partial charge in [-0.3, -0.25) is 0 Å². The number of nitrogens with two attached hydrogens (primary N) is 1. The van der Waals surface area contributed by atoms with Crippen molar-refractivity contribution in [2.24, 2.45) is 5.73 Å². The van der Waals surface area contributed by atoms with Crippen LogP contribution in [-0.4, -0.2) is 4.98 Å². The number of benzene rings is 1. The van der Waals surface area contributed by atoms with Crippen molar-refractivity contribution in [2.75, 3.05) is 0 Å². The van der Waals surface area contributed by atoms with E-state index in [0.29, 0.717) is 29.1 Å². The molecule has 3 nitrogen and oxygen atoms in total. The van der Waals surface area contributed by atoms with Crippen LogP contribution in [0.25, 0.3) is 0 Å². The number of rotatable bonds is 4. The highest BCUT2D eigenvalue weighted by atomic mass is 35.5. The lowest BCUT2D eigenvalue weighted by Gasteiger charge is -2.07. The Kier molecular flexibility index (Phi) is 4.42. The molecule has 1 aromatic heterocycles. The summed E-state index contributed by atoms with van der Waals surface area (Å²) in [6.07, 6.45) is 1.54. The molecule has 5 heteroatoms. The van der Waals surface area contributed by atoms with Gasteiger partial charge in [-0.05, 0) is 23.3 Å². The van der Waals surface area contributed by atoms with Gasteiger partial charge in [0.2, 0.25) is 5.88 Å². The van der Waals surface area contributed by atoms with Gasteiger partial charge in [-0.25, -0.2) is 4.98 Å². The fraction of sp³-hybridized carbons (Fsp3) is 0.154. The Morgan fingerprint density at radius 2 is 2.06 bits per heavy atom. The highest BCUT2D eigenvalue weighted by Crippen LogP contribution is 2.20. The molecule has 0 aliphatic carbocycles. The first-order valence-electron chi connectivity index (χ1n) is 5.41. The molecule has 0 saturated carbocycles.